The van der Waals surface area contributed by atoms with Crippen molar-refractivity contribution in [2.24, 2.45) is 0 Å². The summed E-state index contributed by atoms with van der Waals surface area (Å²) >= 11 is 0. The van der Waals surface area contributed by atoms with Gasteiger partial charge >= 0.3 is 0 Å². The highest BCUT2D eigenvalue weighted by atomic mass is 16.5. The third-order valence-corrected chi connectivity index (χ3v) is 3.33. The second kappa shape index (κ2) is 8.92. The molecule has 3 heteroatoms. The summed E-state index contributed by atoms with van der Waals surface area (Å²) in [6, 6.07) is 1.98. The van der Waals surface area contributed by atoms with E-state index in [0.717, 1.165) is 23.2 Å². The molecule has 0 aliphatic heterocycles. The first-order chi connectivity index (χ1) is 9.19. The average molecular weight is 265 g/mol. The summed E-state index contributed by atoms with van der Waals surface area (Å²) in [6.07, 6.45) is 7.48. The minimum Gasteiger partial charge on any atom is -0.477 e. The Kier molecular flexibility index (Phi) is 7.49. The summed E-state index contributed by atoms with van der Waals surface area (Å²) in [5, 5.41) is 9.37. The van der Waals surface area contributed by atoms with E-state index in [0.29, 0.717) is 12.5 Å². The maximum absolute atomic E-state index is 9.37. The Labute approximate surface area is 117 Å². The summed E-state index contributed by atoms with van der Waals surface area (Å²) < 4.78 is 5.73. The zero-order valence-corrected chi connectivity index (χ0v) is 12.5. The molecule has 1 heterocycles. The highest BCUT2D eigenvalue weighted by Crippen LogP contribution is 2.21. The smallest absolute Gasteiger partial charge is 0.219 e. The molecule has 0 spiro atoms. The van der Waals surface area contributed by atoms with Crippen LogP contribution in [0.25, 0.3) is 0 Å². The SMILES string of the molecule is CCCCCCCCOc1nc(C)cc(C)c1CO. The van der Waals surface area contributed by atoms with E-state index in [9.17, 15) is 5.11 Å². The van der Waals surface area contributed by atoms with Gasteiger partial charge in [0.2, 0.25) is 5.88 Å². The number of pyridine rings is 1. The van der Waals surface area contributed by atoms with Crippen molar-refractivity contribution < 1.29 is 9.84 Å². The van der Waals surface area contributed by atoms with Gasteiger partial charge < -0.3 is 9.84 Å². The van der Waals surface area contributed by atoms with E-state index in [1.165, 1.54) is 32.1 Å². The molecule has 1 aromatic heterocycles. The van der Waals surface area contributed by atoms with Crippen molar-refractivity contribution in [1.82, 2.24) is 4.98 Å². The number of aliphatic hydroxyl groups excluding tert-OH is 1. The molecule has 0 aliphatic carbocycles. The van der Waals surface area contributed by atoms with Crippen LogP contribution in [-0.2, 0) is 6.61 Å². The molecular weight excluding hydrogens is 238 g/mol. The highest BCUT2D eigenvalue weighted by Gasteiger charge is 2.08. The maximum Gasteiger partial charge on any atom is 0.219 e. The van der Waals surface area contributed by atoms with E-state index in [1.807, 2.05) is 19.9 Å². The van der Waals surface area contributed by atoms with Crippen LogP contribution in [0.1, 0.15) is 62.3 Å². The molecule has 1 aromatic rings. The van der Waals surface area contributed by atoms with E-state index < -0.39 is 0 Å². The Balaban J connectivity index is 2.36. The first-order valence-electron chi connectivity index (χ1n) is 7.39. The molecule has 1 rings (SSSR count). The predicted octanol–water partition coefficient (Wildman–Crippen LogP) is 3.93. The molecule has 0 amide bonds. The number of ether oxygens (including phenoxy) is 1. The molecular formula is C16H27NO2. The van der Waals surface area contributed by atoms with Gasteiger partial charge in [-0.25, -0.2) is 4.98 Å². The van der Waals surface area contributed by atoms with Gasteiger partial charge in [0.05, 0.1) is 13.2 Å². The number of rotatable bonds is 9. The third-order valence-electron chi connectivity index (χ3n) is 3.33. The molecule has 0 fully saturated rings. The predicted molar refractivity (Wildman–Crippen MR) is 78.5 cm³/mol. The molecule has 3 nitrogen and oxygen atoms in total. The fourth-order valence-electron chi connectivity index (χ4n) is 2.19. The first kappa shape index (κ1) is 16.0. The Bertz CT molecular complexity index is 377. The number of hydrogen-bond acceptors (Lipinski definition) is 3. The van der Waals surface area contributed by atoms with E-state index in [-0.39, 0.29) is 6.61 Å². The quantitative estimate of drug-likeness (QED) is 0.688. The summed E-state index contributed by atoms with van der Waals surface area (Å²) in [5.74, 6) is 0.605. The van der Waals surface area contributed by atoms with Gasteiger partial charge in [0, 0.05) is 11.3 Å². The van der Waals surface area contributed by atoms with Crippen LogP contribution < -0.4 is 4.74 Å². The van der Waals surface area contributed by atoms with Crippen molar-refractivity contribution in [3.8, 4) is 5.88 Å². The third kappa shape index (κ3) is 5.60. The lowest BCUT2D eigenvalue weighted by atomic mass is 10.1. The molecule has 0 unspecified atom stereocenters. The van der Waals surface area contributed by atoms with Crippen LogP contribution in [-0.4, -0.2) is 16.7 Å². The van der Waals surface area contributed by atoms with Gasteiger partial charge in [-0.2, -0.15) is 0 Å². The van der Waals surface area contributed by atoms with Gasteiger partial charge in [-0.05, 0) is 31.9 Å². The second-order valence-electron chi connectivity index (χ2n) is 5.14. The summed E-state index contributed by atoms with van der Waals surface area (Å²) in [6.45, 7) is 6.84. The van der Waals surface area contributed by atoms with E-state index in [1.54, 1.807) is 0 Å². The van der Waals surface area contributed by atoms with Crippen molar-refractivity contribution in [3.63, 3.8) is 0 Å². The van der Waals surface area contributed by atoms with Gasteiger partial charge in [-0.1, -0.05) is 39.0 Å². The number of nitrogens with zero attached hydrogens (tertiary/aromatic N) is 1. The standard InChI is InChI=1S/C16H27NO2/c1-4-5-6-7-8-9-10-19-16-15(12-18)13(2)11-14(3)17-16/h11,18H,4-10,12H2,1-3H3. The molecule has 0 saturated heterocycles. The second-order valence-corrected chi connectivity index (χ2v) is 5.14. The topological polar surface area (TPSA) is 42.4 Å². The van der Waals surface area contributed by atoms with E-state index in [2.05, 4.69) is 11.9 Å². The summed E-state index contributed by atoms with van der Waals surface area (Å²) in [7, 11) is 0. The lowest BCUT2D eigenvalue weighted by Gasteiger charge is -2.12. The molecule has 0 aromatic carbocycles. The molecule has 1 N–H and O–H groups in total. The fraction of sp³-hybridized carbons (Fsp3) is 0.688. The number of aryl methyl sites for hydroxylation is 2. The van der Waals surface area contributed by atoms with Crippen molar-refractivity contribution in [1.29, 1.82) is 0 Å². The monoisotopic (exact) mass is 265 g/mol. The van der Waals surface area contributed by atoms with Gasteiger partial charge in [0.25, 0.3) is 0 Å². The molecule has 0 bridgehead atoms. The van der Waals surface area contributed by atoms with Gasteiger partial charge in [-0.3, -0.25) is 0 Å². The van der Waals surface area contributed by atoms with Crippen molar-refractivity contribution >= 4 is 0 Å². The zero-order valence-electron chi connectivity index (χ0n) is 12.5. The summed E-state index contributed by atoms with van der Waals surface area (Å²) in [5.41, 5.74) is 2.80. The Hall–Kier alpha value is -1.09. The van der Waals surface area contributed by atoms with Gasteiger partial charge in [0.1, 0.15) is 0 Å². The van der Waals surface area contributed by atoms with Crippen LogP contribution in [0.15, 0.2) is 6.07 Å². The molecule has 0 aliphatic rings. The number of aliphatic hydroxyl groups is 1. The normalized spacial score (nSPS) is 10.7. The minimum atomic E-state index is -0.00898. The first-order valence-corrected chi connectivity index (χ1v) is 7.39. The van der Waals surface area contributed by atoms with Crippen LogP contribution in [0.3, 0.4) is 0 Å². The van der Waals surface area contributed by atoms with Crippen LogP contribution >= 0.6 is 0 Å². The minimum absolute atomic E-state index is 0.00898. The fourth-order valence-corrected chi connectivity index (χ4v) is 2.19. The van der Waals surface area contributed by atoms with E-state index >= 15 is 0 Å². The summed E-state index contributed by atoms with van der Waals surface area (Å²) in [4.78, 5) is 4.37. The molecule has 0 saturated carbocycles. The Morgan fingerprint density at radius 2 is 1.79 bits per heavy atom. The lowest BCUT2D eigenvalue weighted by Crippen LogP contribution is -2.05. The Morgan fingerprint density at radius 1 is 1.11 bits per heavy atom. The van der Waals surface area contributed by atoms with Crippen LogP contribution in [0.5, 0.6) is 5.88 Å². The van der Waals surface area contributed by atoms with Crippen molar-refractivity contribution in [2.75, 3.05) is 6.61 Å². The average Bonchev–Trinajstić information content (AvgIpc) is 2.37. The lowest BCUT2D eigenvalue weighted by molar-refractivity contribution is 0.252. The van der Waals surface area contributed by atoms with Crippen LogP contribution in [0, 0.1) is 13.8 Å². The molecule has 108 valence electrons. The number of aromatic nitrogens is 1. The largest absolute Gasteiger partial charge is 0.477 e. The maximum atomic E-state index is 9.37. The Morgan fingerprint density at radius 3 is 2.47 bits per heavy atom. The zero-order chi connectivity index (χ0) is 14.1. The van der Waals surface area contributed by atoms with Crippen LogP contribution in [0.4, 0.5) is 0 Å². The number of unbranched alkanes of at least 4 members (excludes halogenated alkanes) is 5. The number of hydrogen-bond donors (Lipinski definition) is 1. The van der Waals surface area contributed by atoms with Gasteiger partial charge in [0.15, 0.2) is 0 Å². The van der Waals surface area contributed by atoms with Crippen molar-refractivity contribution in [2.45, 2.75) is 65.9 Å². The van der Waals surface area contributed by atoms with Crippen molar-refractivity contribution in [3.05, 3.63) is 22.9 Å². The van der Waals surface area contributed by atoms with E-state index in [4.69, 9.17) is 4.74 Å². The van der Waals surface area contributed by atoms with Gasteiger partial charge in [-0.15, -0.1) is 0 Å². The molecule has 19 heavy (non-hydrogen) atoms. The molecule has 0 atom stereocenters. The van der Waals surface area contributed by atoms with Crippen LogP contribution in [0.2, 0.25) is 0 Å². The molecule has 0 radical (unpaired) electrons. The highest BCUT2D eigenvalue weighted by molar-refractivity contribution is 5.35.